The number of aromatic amines is 1. The summed E-state index contributed by atoms with van der Waals surface area (Å²) in [6.07, 6.45) is 1.47. The second-order valence-electron chi connectivity index (χ2n) is 6.06. The molecule has 4 rings (SSSR count). The molecule has 2 aromatic carbocycles. The third-order valence-corrected chi connectivity index (χ3v) is 4.91. The highest BCUT2D eigenvalue weighted by atomic mass is 35.5. The van der Waals surface area contributed by atoms with Gasteiger partial charge in [0.05, 0.1) is 37.1 Å². The Labute approximate surface area is 164 Å². The van der Waals surface area contributed by atoms with Crippen molar-refractivity contribution in [3.8, 4) is 39.6 Å². The molecule has 28 heavy (non-hydrogen) atoms. The topological polar surface area (TPSA) is 84.7 Å². The third-order valence-electron chi connectivity index (χ3n) is 4.53. The van der Waals surface area contributed by atoms with Crippen molar-refractivity contribution in [2.75, 3.05) is 14.2 Å². The number of hydrogen-bond acceptors (Lipinski definition) is 5. The minimum absolute atomic E-state index is 0.0600. The van der Waals surface area contributed by atoms with E-state index in [1.165, 1.54) is 20.5 Å². The summed E-state index contributed by atoms with van der Waals surface area (Å²) >= 11 is 6.26. The van der Waals surface area contributed by atoms with E-state index in [0.29, 0.717) is 28.0 Å². The van der Waals surface area contributed by atoms with Crippen molar-refractivity contribution >= 4 is 22.6 Å². The highest BCUT2D eigenvalue weighted by Crippen LogP contribution is 2.50. The number of phenolic OH excluding ortho intramolecular Hbond substituents is 1. The van der Waals surface area contributed by atoms with Gasteiger partial charge in [-0.1, -0.05) is 41.9 Å². The normalized spacial score (nSPS) is 11.0. The Kier molecular flexibility index (Phi) is 4.49. The standard InChI is InChI=1S/C21H16ClNO5/c1-26-18-12-8-9-28-19(12)20(27-2)17(24)15(18)14-10-13(16(22)21(25)23-14)11-6-4-3-5-7-11/h3-10,24H,1-2H3,(H,23,25). The molecule has 0 aliphatic carbocycles. The van der Waals surface area contributed by atoms with Crippen LogP contribution in [0, 0.1) is 0 Å². The van der Waals surface area contributed by atoms with Gasteiger partial charge in [-0.05, 0) is 17.7 Å². The summed E-state index contributed by atoms with van der Waals surface area (Å²) in [4.78, 5) is 15.2. The summed E-state index contributed by atoms with van der Waals surface area (Å²) in [5.74, 6) is 0.283. The molecule has 2 N–H and O–H groups in total. The highest BCUT2D eigenvalue weighted by Gasteiger charge is 2.25. The van der Waals surface area contributed by atoms with Crippen molar-refractivity contribution < 1.29 is 19.0 Å². The van der Waals surface area contributed by atoms with Gasteiger partial charge in [-0.25, -0.2) is 0 Å². The number of aromatic nitrogens is 1. The first kappa shape index (κ1) is 18.0. The van der Waals surface area contributed by atoms with Crippen LogP contribution in [0.15, 0.2) is 57.9 Å². The minimum Gasteiger partial charge on any atom is -0.504 e. The van der Waals surface area contributed by atoms with Crippen molar-refractivity contribution in [2.45, 2.75) is 0 Å². The molecule has 4 aromatic rings. The molecule has 0 atom stereocenters. The van der Waals surface area contributed by atoms with Gasteiger partial charge in [0.2, 0.25) is 5.75 Å². The summed E-state index contributed by atoms with van der Waals surface area (Å²) in [6, 6.07) is 12.7. The Bertz CT molecular complexity index is 1230. The Morgan fingerprint density at radius 3 is 2.46 bits per heavy atom. The molecule has 0 bridgehead atoms. The second kappa shape index (κ2) is 6.98. The summed E-state index contributed by atoms with van der Waals surface area (Å²) in [7, 11) is 2.90. The fraction of sp³-hybridized carbons (Fsp3) is 0.0952. The Morgan fingerprint density at radius 2 is 1.79 bits per heavy atom. The van der Waals surface area contributed by atoms with Crippen molar-refractivity contribution in [3.05, 3.63) is 64.1 Å². The molecule has 0 fully saturated rings. The summed E-state index contributed by atoms with van der Waals surface area (Å²) in [5.41, 5.74) is 1.79. The van der Waals surface area contributed by atoms with E-state index in [-0.39, 0.29) is 22.1 Å². The van der Waals surface area contributed by atoms with Crippen LogP contribution in [0.5, 0.6) is 17.2 Å². The van der Waals surface area contributed by atoms with Crippen LogP contribution in [0.3, 0.4) is 0 Å². The lowest BCUT2D eigenvalue weighted by atomic mass is 10.0. The number of methoxy groups -OCH3 is 2. The zero-order valence-electron chi connectivity index (χ0n) is 15.1. The van der Waals surface area contributed by atoms with E-state index in [9.17, 15) is 9.90 Å². The molecule has 7 heteroatoms. The molecule has 2 heterocycles. The molecule has 0 saturated carbocycles. The largest absolute Gasteiger partial charge is 0.504 e. The summed E-state index contributed by atoms with van der Waals surface area (Å²) in [6.45, 7) is 0. The monoisotopic (exact) mass is 397 g/mol. The maximum atomic E-state index is 12.5. The Balaban J connectivity index is 2.08. The van der Waals surface area contributed by atoms with Gasteiger partial charge >= 0.3 is 0 Å². The fourth-order valence-corrected chi connectivity index (χ4v) is 3.50. The van der Waals surface area contributed by atoms with E-state index in [4.69, 9.17) is 25.5 Å². The number of nitrogens with one attached hydrogen (secondary N) is 1. The second-order valence-corrected chi connectivity index (χ2v) is 6.44. The number of benzene rings is 2. The zero-order chi connectivity index (χ0) is 19.8. The van der Waals surface area contributed by atoms with Crippen molar-refractivity contribution in [1.29, 1.82) is 0 Å². The number of halogens is 1. The number of furan rings is 1. The predicted octanol–water partition coefficient (Wildman–Crippen LogP) is 4.83. The number of ether oxygens (including phenoxy) is 2. The lowest BCUT2D eigenvalue weighted by molar-refractivity contribution is 0.367. The summed E-state index contributed by atoms with van der Waals surface area (Å²) in [5, 5.41) is 11.5. The van der Waals surface area contributed by atoms with Crippen LogP contribution in [0.25, 0.3) is 33.4 Å². The fourth-order valence-electron chi connectivity index (χ4n) is 3.28. The molecular weight excluding hydrogens is 382 g/mol. The molecule has 0 aliphatic heterocycles. The first-order chi connectivity index (χ1) is 13.6. The van der Waals surface area contributed by atoms with Gasteiger partial charge in [-0.3, -0.25) is 4.79 Å². The number of fused-ring (bicyclic) bond motifs is 1. The maximum Gasteiger partial charge on any atom is 0.267 e. The van der Waals surface area contributed by atoms with Crippen molar-refractivity contribution in [2.24, 2.45) is 0 Å². The van der Waals surface area contributed by atoms with Gasteiger partial charge in [0.25, 0.3) is 5.56 Å². The number of H-pyrrole nitrogens is 1. The van der Waals surface area contributed by atoms with Crippen LogP contribution in [0.1, 0.15) is 0 Å². The van der Waals surface area contributed by atoms with Crippen LogP contribution in [-0.2, 0) is 0 Å². The SMILES string of the molecule is COc1c(-c2cc(-c3ccccc3)c(Cl)c(=O)[nH]2)c(O)c(OC)c2occc12. The lowest BCUT2D eigenvalue weighted by Gasteiger charge is -2.16. The summed E-state index contributed by atoms with van der Waals surface area (Å²) < 4.78 is 16.3. The number of hydrogen-bond donors (Lipinski definition) is 2. The van der Waals surface area contributed by atoms with Gasteiger partial charge in [0, 0.05) is 5.56 Å². The molecule has 142 valence electrons. The van der Waals surface area contributed by atoms with Gasteiger partial charge < -0.3 is 24.0 Å². The zero-order valence-corrected chi connectivity index (χ0v) is 15.8. The Morgan fingerprint density at radius 1 is 1.07 bits per heavy atom. The van der Waals surface area contributed by atoms with Crippen LogP contribution in [0.2, 0.25) is 5.02 Å². The quantitative estimate of drug-likeness (QED) is 0.515. The average Bonchev–Trinajstić information content (AvgIpc) is 3.19. The van der Waals surface area contributed by atoms with Crippen LogP contribution in [-0.4, -0.2) is 24.3 Å². The maximum absolute atomic E-state index is 12.5. The molecular formula is C21H16ClNO5. The van der Waals surface area contributed by atoms with Crippen molar-refractivity contribution in [3.63, 3.8) is 0 Å². The molecule has 0 spiro atoms. The minimum atomic E-state index is -0.481. The first-order valence-electron chi connectivity index (χ1n) is 8.39. The van der Waals surface area contributed by atoms with Crippen LogP contribution >= 0.6 is 11.6 Å². The van der Waals surface area contributed by atoms with Crippen molar-refractivity contribution in [1.82, 2.24) is 4.98 Å². The van der Waals surface area contributed by atoms with E-state index in [1.807, 2.05) is 30.3 Å². The number of pyridine rings is 1. The molecule has 0 unspecified atom stereocenters. The molecule has 0 radical (unpaired) electrons. The van der Waals surface area contributed by atoms with Crippen LogP contribution in [0.4, 0.5) is 0 Å². The molecule has 0 amide bonds. The molecule has 2 aromatic heterocycles. The molecule has 0 aliphatic rings. The van der Waals surface area contributed by atoms with Crippen LogP contribution < -0.4 is 15.0 Å². The van der Waals surface area contributed by atoms with Gasteiger partial charge in [0.15, 0.2) is 11.3 Å². The third kappa shape index (κ3) is 2.70. The Hall–Kier alpha value is -3.38. The van der Waals surface area contributed by atoms with E-state index in [2.05, 4.69) is 4.98 Å². The number of aromatic hydroxyl groups is 1. The van der Waals surface area contributed by atoms with Gasteiger partial charge in [-0.2, -0.15) is 0 Å². The van der Waals surface area contributed by atoms with E-state index in [1.54, 1.807) is 12.1 Å². The number of phenols is 1. The average molecular weight is 398 g/mol. The smallest absolute Gasteiger partial charge is 0.267 e. The van der Waals surface area contributed by atoms with Gasteiger partial charge in [0.1, 0.15) is 10.8 Å². The van der Waals surface area contributed by atoms with Gasteiger partial charge in [-0.15, -0.1) is 0 Å². The van der Waals surface area contributed by atoms with E-state index < -0.39 is 5.56 Å². The lowest BCUT2D eigenvalue weighted by Crippen LogP contribution is -2.09. The van der Waals surface area contributed by atoms with E-state index in [0.717, 1.165) is 5.56 Å². The predicted molar refractivity (Wildman–Crippen MR) is 107 cm³/mol. The molecule has 6 nitrogen and oxygen atoms in total. The van der Waals surface area contributed by atoms with E-state index >= 15 is 0 Å². The molecule has 0 saturated heterocycles. The number of rotatable bonds is 4. The highest BCUT2D eigenvalue weighted by molar-refractivity contribution is 6.33. The first-order valence-corrected chi connectivity index (χ1v) is 8.77.